The van der Waals surface area contributed by atoms with Crippen LogP contribution in [0.25, 0.3) is 0 Å². The second kappa shape index (κ2) is 8.77. The third kappa shape index (κ3) is 4.71. The molecule has 1 aliphatic heterocycles. The first-order chi connectivity index (χ1) is 13.1. The Morgan fingerprint density at radius 1 is 1.19 bits per heavy atom. The number of Topliss-reactive ketones (excluding diaryl/α,β-unsaturated/α-hetero) is 1. The Morgan fingerprint density at radius 3 is 2.67 bits per heavy atom. The number of amides is 1. The Hall–Kier alpha value is -2.73. The molecule has 1 aliphatic rings. The number of halogens is 1. The standard InChI is InChI=1S/C20H20ClNO5/c1-2-16(22-20(24)27-12-13-6-4-3-5-7-13)18(23)14-10-15(21)19-17(11-14)25-8-9-26-19/h3-7,10-11,16H,2,8-9,12H2,1H3,(H,22,24)/t16-/m1/s1. The van der Waals surface area contributed by atoms with E-state index < -0.39 is 12.1 Å². The lowest BCUT2D eigenvalue weighted by Gasteiger charge is -2.21. The van der Waals surface area contributed by atoms with Crippen molar-refractivity contribution in [1.82, 2.24) is 5.32 Å². The zero-order valence-electron chi connectivity index (χ0n) is 14.9. The van der Waals surface area contributed by atoms with Gasteiger partial charge in [0.25, 0.3) is 0 Å². The molecule has 0 radical (unpaired) electrons. The summed E-state index contributed by atoms with van der Waals surface area (Å²) in [6.45, 7) is 2.74. The highest BCUT2D eigenvalue weighted by Crippen LogP contribution is 2.38. The molecule has 142 valence electrons. The molecular weight excluding hydrogens is 370 g/mol. The highest BCUT2D eigenvalue weighted by atomic mass is 35.5. The van der Waals surface area contributed by atoms with E-state index in [0.29, 0.717) is 41.7 Å². The van der Waals surface area contributed by atoms with Crippen LogP contribution in [0, 0.1) is 0 Å². The fourth-order valence-electron chi connectivity index (χ4n) is 2.71. The monoisotopic (exact) mass is 389 g/mol. The molecule has 0 fully saturated rings. The van der Waals surface area contributed by atoms with Gasteiger partial charge in [-0.15, -0.1) is 0 Å². The van der Waals surface area contributed by atoms with Crippen molar-refractivity contribution in [1.29, 1.82) is 0 Å². The molecule has 3 rings (SSSR count). The molecule has 2 aromatic rings. The number of benzene rings is 2. The Morgan fingerprint density at radius 2 is 1.93 bits per heavy atom. The average molecular weight is 390 g/mol. The smallest absolute Gasteiger partial charge is 0.408 e. The molecule has 2 aromatic carbocycles. The summed E-state index contributed by atoms with van der Waals surface area (Å²) in [7, 11) is 0. The number of hydrogen-bond acceptors (Lipinski definition) is 5. The fourth-order valence-corrected chi connectivity index (χ4v) is 2.98. The number of rotatable bonds is 6. The normalized spacial score (nSPS) is 13.6. The summed E-state index contributed by atoms with van der Waals surface area (Å²) in [5.41, 5.74) is 1.21. The molecule has 0 saturated heterocycles. The van der Waals surface area contributed by atoms with Gasteiger partial charge in [0, 0.05) is 5.56 Å². The number of nitrogens with one attached hydrogen (secondary N) is 1. The minimum Gasteiger partial charge on any atom is -0.486 e. The van der Waals surface area contributed by atoms with Crippen LogP contribution < -0.4 is 14.8 Å². The van der Waals surface area contributed by atoms with Crippen molar-refractivity contribution in [2.75, 3.05) is 13.2 Å². The third-order valence-corrected chi connectivity index (χ3v) is 4.39. The molecule has 0 unspecified atom stereocenters. The minimum absolute atomic E-state index is 0.132. The first-order valence-corrected chi connectivity index (χ1v) is 9.07. The lowest BCUT2D eigenvalue weighted by molar-refractivity contribution is 0.0913. The van der Waals surface area contributed by atoms with E-state index in [1.54, 1.807) is 13.0 Å². The predicted molar refractivity (Wildman–Crippen MR) is 101 cm³/mol. The van der Waals surface area contributed by atoms with Crippen molar-refractivity contribution in [3.05, 3.63) is 58.6 Å². The molecule has 6 nitrogen and oxygen atoms in total. The lowest BCUT2D eigenvalue weighted by Crippen LogP contribution is -2.40. The lowest BCUT2D eigenvalue weighted by atomic mass is 10.0. The molecule has 1 heterocycles. The Labute approximate surface area is 162 Å². The van der Waals surface area contributed by atoms with Gasteiger partial charge < -0.3 is 19.5 Å². The molecule has 0 saturated carbocycles. The van der Waals surface area contributed by atoms with Gasteiger partial charge in [-0.3, -0.25) is 4.79 Å². The van der Waals surface area contributed by atoms with Crippen molar-refractivity contribution < 1.29 is 23.8 Å². The summed E-state index contributed by atoms with van der Waals surface area (Å²) in [6.07, 6.45) is -0.242. The number of carbonyl (C=O) groups excluding carboxylic acids is 2. The van der Waals surface area contributed by atoms with E-state index in [2.05, 4.69) is 5.32 Å². The quantitative estimate of drug-likeness (QED) is 0.756. The number of fused-ring (bicyclic) bond motifs is 1. The minimum atomic E-state index is -0.730. The van der Waals surface area contributed by atoms with Gasteiger partial charge in [-0.05, 0) is 24.1 Å². The van der Waals surface area contributed by atoms with Crippen LogP contribution in [0.5, 0.6) is 11.5 Å². The number of carbonyl (C=O) groups is 2. The summed E-state index contributed by atoms with van der Waals surface area (Å²) < 4.78 is 16.1. The van der Waals surface area contributed by atoms with Crippen molar-refractivity contribution in [2.24, 2.45) is 0 Å². The molecule has 1 N–H and O–H groups in total. The molecule has 0 bridgehead atoms. The van der Waals surface area contributed by atoms with Crippen molar-refractivity contribution in [3.63, 3.8) is 0 Å². The molecule has 27 heavy (non-hydrogen) atoms. The first-order valence-electron chi connectivity index (χ1n) is 8.69. The van der Waals surface area contributed by atoms with Gasteiger partial charge in [0.2, 0.25) is 0 Å². The van der Waals surface area contributed by atoms with E-state index in [4.69, 9.17) is 25.8 Å². The van der Waals surface area contributed by atoms with Crippen molar-refractivity contribution >= 4 is 23.5 Å². The number of ketones is 1. The number of alkyl carbamates (subject to hydrolysis) is 1. The highest BCUT2D eigenvalue weighted by Gasteiger charge is 2.25. The Balaban J connectivity index is 1.65. The summed E-state index contributed by atoms with van der Waals surface area (Å²) in [5.74, 6) is 0.592. The van der Waals surface area contributed by atoms with E-state index in [1.165, 1.54) is 6.07 Å². The van der Waals surface area contributed by atoms with Crippen LogP contribution >= 0.6 is 11.6 Å². The van der Waals surface area contributed by atoms with Gasteiger partial charge in [0.1, 0.15) is 19.8 Å². The van der Waals surface area contributed by atoms with E-state index >= 15 is 0 Å². The SMILES string of the molecule is CC[C@@H](NC(=O)OCc1ccccc1)C(=O)c1cc(Cl)c2c(c1)OCCO2. The fraction of sp³-hybridized carbons (Fsp3) is 0.300. The van der Waals surface area contributed by atoms with E-state index in [-0.39, 0.29) is 12.4 Å². The zero-order chi connectivity index (χ0) is 19.2. The van der Waals surface area contributed by atoms with Crippen LogP contribution in [0.2, 0.25) is 5.02 Å². The first kappa shape index (κ1) is 19.0. The zero-order valence-corrected chi connectivity index (χ0v) is 15.6. The van der Waals surface area contributed by atoms with E-state index in [1.807, 2.05) is 30.3 Å². The van der Waals surface area contributed by atoms with Crippen molar-refractivity contribution in [3.8, 4) is 11.5 Å². The van der Waals surface area contributed by atoms with Gasteiger partial charge in [0.05, 0.1) is 11.1 Å². The maximum Gasteiger partial charge on any atom is 0.408 e. The molecule has 0 spiro atoms. The summed E-state index contributed by atoms with van der Waals surface area (Å²) >= 11 is 6.19. The van der Waals surface area contributed by atoms with Crippen LogP contribution in [0.3, 0.4) is 0 Å². The van der Waals surface area contributed by atoms with Gasteiger partial charge >= 0.3 is 6.09 Å². The van der Waals surface area contributed by atoms with Gasteiger partial charge in [-0.25, -0.2) is 4.79 Å². The third-order valence-electron chi connectivity index (χ3n) is 4.11. The van der Waals surface area contributed by atoms with E-state index in [9.17, 15) is 9.59 Å². The Bertz CT molecular complexity index is 825. The molecule has 0 aliphatic carbocycles. The number of hydrogen-bond donors (Lipinski definition) is 1. The second-order valence-corrected chi connectivity index (χ2v) is 6.42. The predicted octanol–water partition coefficient (Wildman–Crippen LogP) is 4.00. The summed E-state index contributed by atoms with van der Waals surface area (Å²) in [6, 6.07) is 11.7. The maximum absolute atomic E-state index is 12.8. The number of ether oxygens (including phenoxy) is 3. The maximum atomic E-state index is 12.8. The van der Waals surface area contributed by atoms with Crippen LogP contribution in [-0.2, 0) is 11.3 Å². The van der Waals surface area contributed by atoms with E-state index in [0.717, 1.165) is 5.56 Å². The largest absolute Gasteiger partial charge is 0.486 e. The molecule has 1 atom stereocenters. The molecule has 1 amide bonds. The second-order valence-electron chi connectivity index (χ2n) is 6.01. The van der Waals surface area contributed by atoms with Crippen LogP contribution in [-0.4, -0.2) is 31.1 Å². The highest BCUT2D eigenvalue weighted by molar-refractivity contribution is 6.32. The van der Waals surface area contributed by atoms with Gasteiger partial charge in [-0.2, -0.15) is 0 Å². The van der Waals surface area contributed by atoms with Crippen LogP contribution in [0.4, 0.5) is 4.79 Å². The summed E-state index contributed by atoms with van der Waals surface area (Å²) in [4.78, 5) is 24.9. The van der Waals surface area contributed by atoms with Gasteiger partial charge in [-0.1, -0.05) is 48.9 Å². The van der Waals surface area contributed by atoms with Gasteiger partial charge in [0.15, 0.2) is 17.3 Å². The average Bonchev–Trinajstić information content (AvgIpc) is 2.70. The Kier molecular flexibility index (Phi) is 6.19. The topological polar surface area (TPSA) is 73.9 Å². The van der Waals surface area contributed by atoms with Crippen molar-refractivity contribution in [2.45, 2.75) is 26.0 Å². The van der Waals surface area contributed by atoms with Crippen LogP contribution in [0.15, 0.2) is 42.5 Å². The molecular formula is C20H20ClNO5. The molecule has 7 heteroatoms. The molecule has 0 aromatic heterocycles. The van der Waals surface area contributed by atoms with Crippen LogP contribution in [0.1, 0.15) is 29.3 Å². The summed E-state index contributed by atoms with van der Waals surface area (Å²) in [5, 5.41) is 2.91.